The lowest BCUT2D eigenvalue weighted by Crippen LogP contribution is -2.28. The second-order valence-corrected chi connectivity index (χ2v) is 12.8. The summed E-state index contributed by atoms with van der Waals surface area (Å²) in [7, 11) is -10.8. The summed E-state index contributed by atoms with van der Waals surface area (Å²) >= 11 is 2.31. The van der Waals surface area contributed by atoms with E-state index in [-0.39, 0.29) is 0 Å². The van der Waals surface area contributed by atoms with Gasteiger partial charge in [-0.05, 0) is 19.6 Å². The van der Waals surface area contributed by atoms with Crippen molar-refractivity contribution in [3.8, 4) is 6.07 Å². The van der Waals surface area contributed by atoms with Crippen LogP contribution in [0, 0.1) is 11.3 Å². The van der Waals surface area contributed by atoms with Crippen molar-refractivity contribution in [3.63, 3.8) is 0 Å². The average molecular weight is 467 g/mol. The van der Waals surface area contributed by atoms with Gasteiger partial charge in [0.05, 0.1) is 29.5 Å². The molecular formula is C12H28BrNO6S2Si. The lowest BCUT2D eigenvalue weighted by atomic mass is 10.6. The molecule has 23 heavy (non-hydrogen) atoms. The molecule has 11 heteroatoms. The van der Waals surface area contributed by atoms with Gasteiger partial charge in [0.1, 0.15) is 19.7 Å². The van der Waals surface area contributed by atoms with Crippen molar-refractivity contribution in [1.82, 2.24) is 0 Å². The summed E-state index contributed by atoms with van der Waals surface area (Å²) in [5, 5.41) is 14.1. The molecule has 0 saturated heterocycles. The van der Waals surface area contributed by atoms with Crippen LogP contribution in [0.2, 0.25) is 19.6 Å². The summed E-state index contributed by atoms with van der Waals surface area (Å²) in [5.74, 6) is 0. The van der Waals surface area contributed by atoms with Gasteiger partial charge in [-0.15, -0.1) is 0 Å². The van der Waals surface area contributed by atoms with Crippen LogP contribution < -0.4 is 0 Å². The third-order valence-electron chi connectivity index (χ3n) is 0.919. The largest absolute Gasteiger partial charge is 0.417 e. The minimum atomic E-state index is -4.24. The van der Waals surface area contributed by atoms with Gasteiger partial charge >= 0.3 is 0 Å². The Morgan fingerprint density at radius 1 is 1.17 bits per heavy atom. The zero-order valence-corrected chi connectivity index (χ0v) is 17.3. The number of sulfone groups is 2. The number of nitrogens with zero attached hydrogens (tertiary/aromatic N) is 1. The number of rotatable bonds is 7. The number of hydrogen-bond donors (Lipinski definition) is 1. The van der Waals surface area contributed by atoms with Crippen LogP contribution in [-0.2, 0) is 24.1 Å². The second kappa shape index (κ2) is 14.4. The summed E-state index contributed by atoms with van der Waals surface area (Å²) in [6, 6.07) is 0.967. The second-order valence-electron chi connectivity index (χ2n) is 4.51. The fraction of sp³-hybridized carbons (Fsp3) is 0.917. The Morgan fingerprint density at radius 2 is 1.57 bits per heavy atom. The minimum Gasteiger partial charge on any atom is -0.417 e. The monoisotopic (exact) mass is 465 g/mol. The highest BCUT2D eigenvalue weighted by Gasteiger charge is 2.14. The zero-order chi connectivity index (χ0) is 29.9. The highest BCUT2D eigenvalue weighted by atomic mass is 79.9. The lowest BCUT2D eigenvalue weighted by Gasteiger charge is -2.16. The van der Waals surface area contributed by atoms with E-state index in [4.69, 9.17) is 31.2 Å². The van der Waals surface area contributed by atoms with Gasteiger partial charge in [0.25, 0.3) is 0 Å². The van der Waals surface area contributed by atoms with Crippen molar-refractivity contribution in [2.75, 3.05) is 42.3 Å². The number of alkyl halides is 1. The van der Waals surface area contributed by atoms with Crippen molar-refractivity contribution in [1.29, 1.82) is 5.26 Å². The van der Waals surface area contributed by atoms with Gasteiger partial charge in [-0.1, -0.05) is 15.9 Å². The highest BCUT2D eigenvalue weighted by Crippen LogP contribution is 2.01. The molecule has 0 spiro atoms. The van der Waals surface area contributed by atoms with E-state index in [1.54, 1.807) is 19.6 Å². The van der Waals surface area contributed by atoms with E-state index in [1.807, 2.05) is 0 Å². The lowest BCUT2D eigenvalue weighted by molar-refractivity contribution is 0.323. The molecule has 0 aromatic rings. The summed E-state index contributed by atoms with van der Waals surface area (Å²) < 4.78 is 131. The fourth-order valence-corrected chi connectivity index (χ4v) is 1.22. The van der Waals surface area contributed by atoms with E-state index in [0.717, 1.165) is 6.07 Å². The molecule has 0 aliphatic rings. The van der Waals surface area contributed by atoms with Crippen molar-refractivity contribution in [2.45, 2.75) is 26.0 Å². The standard InChI is InChI=1S/C6H16O3SSi.C4H7NO2S.C2H5BrO/c1-10(7,8)6-5-9-11(2,3)4;1-8(6,7)4-2-3-5;3-1-2-4/h5-6H2,1-4H3;2,4H2,1H3;4H,1-2H2/i5D2,6D2;2D2,4D2;1D2,2D2. The first-order valence-corrected chi connectivity index (χ1v) is 13.4. The molecule has 0 heterocycles. The number of nitriles is 1. The molecule has 140 valence electrons. The molecule has 0 saturated carbocycles. The van der Waals surface area contributed by atoms with Crippen molar-refractivity contribution in [2.24, 2.45) is 0 Å². The van der Waals surface area contributed by atoms with E-state index >= 15 is 0 Å². The summed E-state index contributed by atoms with van der Waals surface area (Å²) in [6.45, 7) is -0.673. The minimum absolute atomic E-state index is 0.544. The molecule has 0 aromatic heterocycles. The van der Waals surface area contributed by atoms with Crippen LogP contribution in [0.25, 0.3) is 0 Å². The van der Waals surface area contributed by atoms with Crippen molar-refractivity contribution < 1.29 is 42.8 Å². The number of aliphatic hydroxyl groups is 1. The Balaban J connectivity index is -0.000000460. The SMILES string of the molecule is [2H]C([2H])(C#N)C([2H])([2H])S(C)(=O)=O.[2H]C([2H])(O)C([2H])([2H])Br.[2H]C([2H])(O[Si](C)(C)C)C([2H])([2H])S(C)(=O)=O. The molecule has 0 aliphatic carbocycles. The van der Waals surface area contributed by atoms with Crippen molar-refractivity contribution >= 4 is 43.9 Å². The first-order valence-electron chi connectivity index (χ1n) is 11.4. The molecule has 7 nitrogen and oxygen atoms in total. The fourth-order valence-electron chi connectivity index (χ4n) is 0.365. The van der Waals surface area contributed by atoms with E-state index in [1.165, 1.54) is 0 Å². The smallest absolute Gasteiger partial charge is 0.183 e. The van der Waals surface area contributed by atoms with E-state index < -0.39 is 64.2 Å². The molecular weight excluding hydrogens is 426 g/mol. The normalized spacial score (nSPS) is 22.9. The van der Waals surface area contributed by atoms with Gasteiger partial charge in [-0.3, -0.25) is 0 Å². The summed E-state index contributed by atoms with van der Waals surface area (Å²) in [5.41, 5.74) is -6.21. The maximum absolute atomic E-state index is 11.1. The van der Waals surface area contributed by atoms with Crippen LogP contribution >= 0.6 is 15.9 Å². The Morgan fingerprint density at radius 3 is 1.74 bits per heavy atom. The predicted molar refractivity (Wildman–Crippen MR) is 99.8 cm³/mol. The Labute approximate surface area is 167 Å². The molecule has 0 fully saturated rings. The Kier molecular flexibility index (Phi) is 6.79. The summed E-state index contributed by atoms with van der Waals surface area (Å²) in [4.78, 5) is 0. The number of halogens is 1. The Hall–Kier alpha value is 0.00688. The molecule has 0 rings (SSSR count). The molecule has 0 bridgehead atoms. The van der Waals surface area contributed by atoms with E-state index in [0.29, 0.717) is 12.5 Å². The molecule has 0 aliphatic heterocycles. The van der Waals surface area contributed by atoms with Gasteiger partial charge in [0.15, 0.2) is 8.32 Å². The Bertz CT molecular complexity index is 954. The van der Waals surface area contributed by atoms with Gasteiger partial charge in [0.2, 0.25) is 0 Å². The molecule has 0 atom stereocenters. The quantitative estimate of drug-likeness (QED) is 0.442. The average Bonchev–Trinajstić information content (AvgIpc) is 2.49. The van der Waals surface area contributed by atoms with Gasteiger partial charge < -0.3 is 9.53 Å². The van der Waals surface area contributed by atoms with Crippen molar-refractivity contribution in [3.05, 3.63) is 0 Å². The van der Waals surface area contributed by atoms with Crippen LogP contribution in [0.4, 0.5) is 0 Å². The highest BCUT2D eigenvalue weighted by molar-refractivity contribution is 9.09. The first-order chi connectivity index (χ1) is 14.5. The third-order valence-corrected chi connectivity index (χ3v) is 2.74. The maximum Gasteiger partial charge on any atom is 0.183 e. The van der Waals surface area contributed by atoms with E-state index in [9.17, 15) is 16.8 Å². The topological polar surface area (TPSA) is 122 Å². The van der Waals surface area contributed by atoms with Crippen LogP contribution in [0.15, 0.2) is 0 Å². The maximum atomic E-state index is 11.1. The number of hydrogen-bond acceptors (Lipinski definition) is 7. The van der Waals surface area contributed by atoms with Gasteiger partial charge in [-0.25, -0.2) is 16.8 Å². The van der Waals surface area contributed by atoms with Gasteiger partial charge in [-0.2, -0.15) is 5.26 Å². The molecule has 1 N–H and O–H groups in total. The third kappa shape index (κ3) is 44.9. The molecule has 0 aromatic carbocycles. The molecule has 0 amide bonds. The van der Waals surface area contributed by atoms with Crippen LogP contribution in [0.1, 0.15) is 22.8 Å². The molecule has 0 radical (unpaired) electrons. The van der Waals surface area contributed by atoms with Gasteiger partial charge in [0, 0.05) is 41.7 Å². The molecule has 0 unspecified atom stereocenters. The van der Waals surface area contributed by atoms with E-state index in [2.05, 4.69) is 15.9 Å². The first kappa shape index (κ1) is 10.9. The van der Waals surface area contributed by atoms with Crippen LogP contribution in [-0.4, -0.2) is 72.6 Å². The zero-order valence-electron chi connectivity index (χ0n) is 25.1. The summed E-state index contributed by atoms with van der Waals surface area (Å²) in [6.07, 6.45) is -1.83. The van der Waals surface area contributed by atoms with Crippen LogP contribution in [0.5, 0.6) is 0 Å². The van der Waals surface area contributed by atoms with Crippen LogP contribution in [0.3, 0.4) is 0 Å². The predicted octanol–water partition coefficient (Wildman–Crippen LogP) is 1.20.